The second-order valence-electron chi connectivity index (χ2n) is 3.87. The van der Waals surface area contributed by atoms with Crippen molar-refractivity contribution in [1.82, 2.24) is 0 Å². The lowest BCUT2D eigenvalue weighted by atomic mass is 10.0. The summed E-state index contributed by atoms with van der Waals surface area (Å²) < 4.78 is 28.5. The highest BCUT2D eigenvalue weighted by Gasteiger charge is 2.26. The van der Waals surface area contributed by atoms with E-state index in [1.165, 1.54) is 24.0 Å². The Morgan fingerprint density at radius 2 is 1.94 bits per heavy atom. The van der Waals surface area contributed by atoms with Crippen LogP contribution < -0.4 is 4.74 Å². The van der Waals surface area contributed by atoms with Gasteiger partial charge in [0.05, 0.1) is 0 Å². The SMILES string of the molecule is CC.CCc1ccc(OC(F)F)cc1C1CC1. The van der Waals surface area contributed by atoms with E-state index >= 15 is 0 Å². The van der Waals surface area contributed by atoms with Gasteiger partial charge >= 0.3 is 6.61 Å². The zero-order valence-corrected chi connectivity index (χ0v) is 10.7. The minimum absolute atomic E-state index is 0.282. The quantitative estimate of drug-likeness (QED) is 0.740. The van der Waals surface area contributed by atoms with E-state index in [9.17, 15) is 8.78 Å². The van der Waals surface area contributed by atoms with Gasteiger partial charge in [0.2, 0.25) is 0 Å². The van der Waals surface area contributed by atoms with Crippen molar-refractivity contribution in [3.05, 3.63) is 29.3 Å². The summed E-state index contributed by atoms with van der Waals surface area (Å²) in [5.41, 5.74) is 2.44. The maximum Gasteiger partial charge on any atom is 0.387 e. The molecular formula is C14H20F2O. The third kappa shape index (κ3) is 3.99. The van der Waals surface area contributed by atoms with E-state index in [1.807, 2.05) is 19.9 Å². The number of hydrogen-bond donors (Lipinski definition) is 0. The molecule has 1 fully saturated rings. The fraction of sp³-hybridized carbons (Fsp3) is 0.571. The minimum Gasteiger partial charge on any atom is -0.435 e. The van der Waals surface area contributed by atoms with Gasteiger partial charge in [-0.1, -0.05) is 26.8 Å². The molecule has 0 bridgehead atoms. The predicted molar refractivity (Wildman–Crippen MR) is 65.8 cm³/mol. The molecule has 17 heavy (non-hydrogen) atoms. The Morgan fingerprint density at radius 3 is 2.41 bits per heavy atom. The Kier molecular flexibility index (Phi) is 5.39. The normalized spacial score (nSPS) is 14.2. The molecular weight excluding hydrogens is 222 g/mol. The first-order valence-electron chi connectivity index (χ1n) is 6.28. The topological polar surface area (TPSA) is 9.23 Å². The summed E-state index contributed by atoms with van der Waals surface area (Å²) in [7, 11) is 0. The first-order valence-corrected chi connectivity index (χ1v) is 6.28. The van der Waals surface area contributed by atoms with E-state index in [4.69, 9.17) is 0 Å². The molecule has 0 aromatic heterocycles. The maximum absolute atomic E-state index is 12.0. The lowest BCUT2D eigenvalue weighted by Crippen LogP contribution is -2.03. The Labute approximate surface area is 102 Å². The highest BCUT2D eigenvalue weighted by atomic mass is 19.3. The fourth-order valence-corrected chi connectivity index (χ4v) is 1.85. The summed E-state index contributed by atoms with van der Waals surface area (Å²) >= 11 is 0. The van der Waals surface area contributed by atoms with E-state index in [2.05, 4.69) is 11.7 Å². The van der Waals surface area contributed by atoms with E-state index in [1.54, 1.807) is 12.1 Å². The number of halogens is 2. The number of rotatable bonds is 4. The monoisotopic (exact) mass is 242 g/mol. The molecule has 0 radical (unpaired) electrons. The van der Waals surface area contributed by atoms with Crippen molar-refractivity contribution < 1.29 is 13.5 Å². The average Bonchev–Trinajstić information content (AvgIpc) is 3.15. The molecule has 2 rings (SSSR count). The summed E-state index contributed by atoms with van der Waals surface area (Å²) in [6.45, 7) is 3.35. The van der Waals surface area contributed by atoms with Crippen molar-refractivity contribution >= 4 is 0 Å². The molecule has 0 spiro atoms. The van der Waals surface area contributed by atoms with Crippen LogP contribution in [0.3, 0.4) is 0 Å². The molecule has 0 amide bonds. The van der Waals surface area contributed by atoms with Gasteiger partial charge in [-0.2, -0.15) is 8.78 Å². The van der Waals surface area contributed by atoms with E-state index in [0.29, 0.717) is 5.92 Å². The van der Waals surface area contributed by atoms with Gasteiger partial charge in [-0.15, -0.1) is 0 Å². The van der Waals surface area contributed by atoms with Gasteiger partial charge in [-0.3, -0.25) is 0 Å². The van der Waals surface area contributed by atoms with E-state index in [0.717, 1.165) is 6.42 Å². The highest BCUT2D eigenvalue weighted by Crippen LogP contribution is 2.43. The highest BCUT2D eigenvalue weighted by molar-refractivity contribution is 5.39. The largest absolute Gasteiger partial charge is 0.435 e. The molecule has 1 saturated carbocycles. The molecule has 0 aliphatic heterocycles. The first kappa shape index (κ1) is 13.9. The van der Waals surface area contributed by atoms with Gasteiger partial charge in [0.1, 0.15) is 5.75 Å². The minimum atomic E-state index is -2.73. The summed E-state index contributed by atoms with van der Waals surface area (Å²) in [6, 6.07) is 5.28. The standard InChI is InChI=1S/C12H14F2O.C2H6/c1-2-8-5-6-10(15-12(13)14)7-11(8)9-3-4-9;1-2/h5-7,9,12H,2-4H2,1H3;1-2H3. The molecule has 0 heterocycles. The Bertz CT molecular complexity index is 346. The Balaban J connectivity index is 0.000000686. The van der Waals surface area contributed by atoms with Crippen LogP contribution in [0.5, 0.6) is 5.75 Å². The lowest BCUT2D eigenvalue weighted by molar-refractivity contribution is -0.0498. The van der Waals surface area contributed by atoms with Crippen molar-refractivity contribution in [2.75, 3.05) is 0 Å². The zero-order valence-electron chi connectivity index (χ0n) is 10.7. The summed E-state index contributed by atoms with van der Waals surface area (Å²) in [4.78, 5) is 0. The third-order valence-corrected chi connectivity index (χ3v) is 2.74. The van der Waals surface area contributed by atoms with Crippen LogP contribution in [0.2, 0.25) is 0 Å². The molecule has 0 unspecified atom stereocenters. The van der Waals surface area contributed by atoms with Crippen molar-refractivity contribution in [3.8, 4) is 5.75 Å². The number of aryl methyl sites for hydroxylation is 1. The second kappa shape index (κ2) is 6.58. The lowest BCUT2D eigenvalue weighted by Gasteiger charge is -2.10. The predicted octanol–water partition coefficient (Wildman–Crippen LogP) is 4.75. The van der Waals surface area contributed by atoms with Crippen molar-refractivity contribution in [1.29, 1.82) is 0 Å². The Hall–Kier alpha value is -1.12. The smallest absolute Gasteiger partial charge is 0.387 e. The summed E-state index contributed by atoms with van der Waals surface area (Å²) in [5.74, 6) is 0.852. The molecule has 96 valence electrons. The van der Waals surface area contributed by atoms with Crippen LogP contribution in [0.4, 0.5) is 8.78 Å². The van der Waals surface area contributed by atoms with Gasteiger partial charge in [0.25, 0.3) is 0 Å². The summed E-state index contributed by atoms with van der Waals surface area (Å²) in [6.07, 6.45) is 3.29. The molecule has 1 aromatic carbocycles. The van der Waals surface area contributed by atoms with Crippen molar-refractivity contribution in [3.63, 3.8) is 0 Å². The maximum atomic E-state index is 12.0. The molecule has 3 heteroatoms. The van der Waals surface area contributed by atoms with Crippen LogP contribution in [-0.2, 0) is 6.42 Å². The first-order chi connectivity index (χ1) is 8.20. The fourth-order valence-electron chi connectivity index (χ4n) is 1.85. The number of alkyl halides is 2. The van der Waals surface area contributed by atoms with Crippen LogP contribution in [0.25, 0.3) is 0 Å². The van der Waals surface area contributed by atoms with Crippen LogP contribution in [0, 0.1) is 0 Å². The van der Waals surface area contributed by atoms with E-state index in [-0.39, 0.29) is 5.75 Å². The van der Waals surface area contributed by atoms with Gasteiger partial charge < -0.3 is 4.74 Å². The molecule has 0 atom stereocenters. The van der Waals surface area contributed by atoms with Gasteiger partial charge in [0, 0.05) is 0 Å². The average molecular weight is 242 g/mol. The zero-order chi connectivity index (χ0) is 12.8. The van der Waals surface area contributed by atoms with Crippen LogP contribution >= 0.6 is 0 Å². The van der Waals surface area contributed by atoms with Crippen molar-refractivity contribution in [2.45, 2.75) is 52.6 Å². The molecule has 0 saturated heterocycles. The molecule has 1 nitrogen and oxygen atoms in total. The molecule has 0 N–H and O–H groups in total. The van der Waals surface area contributed by atoms with Crippen LogP contribution in [-0.4, -0.2) is 6.61 Å². The van der Waals surface area contributed by atoms with Gasteiger partial charge in [-0.05, 0) is 48.4 Å². The van der Waals surface area contributed by atoms with Crippen LogP contribution in [0.1, 0.15) is 50.7 Å². The molecule has 1 aromatic rings. The summed E-state index contributed by atoms with van der Waals surface area (Å²) in [5, 5.41) is 0. The second-order valence-corrected chi connectivity index (χ2v) is 3.87. The number of benzene rings is 1. The third-order valence-electron chi connectivity index (χ3n) is 2.74. The van der Waals surface area contributed by atoms with Gasteiger partial charge in [-0.25, -0.2) is 0 Å². The Morgan fingerprint density at radius 1 is 1.29 bits per heavy atom. The van der Waals surface area contributed by atoms with E-state index < -0.39 is 6.61 Å². The number of ether oxygens (including phenoxy) is 1. The molecule has 1 aliphatic carbocycles. The van der Waals surface area contributed by atoms with Crippen LogP contribution in [0.15, 0.2) is 18.2 Å². The number of hydrogen-bond acceptors (Lipinski definition) is 1. The van der Waals surface area contributed by atoms with Gasteiger partial charge in [0.15, 0.2) is 0 Å². The molecule has 1 aliphatic rings. The van der Waals surface area contributed by atoms with Crippen molar-refractivity contribution in [2.24, 2.45) is 0 Å².